The Morgan fingerprint density at radius 2 is 2.14 bits per heavy atom. The summed E-state index contributed by atoms with van der Waals surface area (Å²) in [4.78, 5) is 11.6. The van der Waals surface area contributed by atoms with Gasteiger partial charge in [0.05, 0.1) is 12.1 Å². The fraction of sp³-hybridized carbons (Fsp3) is 0.900. The average molecular weight is 198 g/mol. The maximum atomic E-state index is 11.6. The van der Waals surface area contributed by atoms with Gasteiger partial charge in [0, 0.05) is 12.6 Å². The lowest BCUT2D eigenvalue weighted by molar-refractivity contribution is -0.124. The Morgan fingerprint density at radius 3 is 2.64 bits per heavy atom. The minimum absolute atomic E-state index is 0.0541. The molecule has 2 rings (SSSR count). The van der Waals surface area contributed by atoms with E-state index in [0.29, 0.717) is 19.0 Å². The van der Waals surface area contributed by atoms with Gasteiger partial charge in [-0.05, 0) is 25.2 Å². The third kappa shape index (κ3) is 2.07. The number of hydrogen-bond donors (Lipinski definition) is 3. The molecule has 2 fully saturated rings. The van der Waals surface area contributed by atoms with Gasteiger partial charge in [0.1, 0.15) is 0 Å². The molecule has 2 atom stereocenters. The topological polar surface area (TPSA) is 61.4 Å². The van der Waals surface area contributed by atoms with Crippen molar-refractivity contribution in [3.05, 3.63) is 0 Å². The van der Waals surface area contributed by atoms with Crippen molar-refractivity contribution in [1.82, 2.24) is 10.6 Å². The minimum atomic E-state index is -0.355. The van der Waals surface area contributed by atoms with Crippen LogP contribution in [0.2, 0.25) is 0 Å². The summed E-state index contributed by atoms with van der Waals surface area (Å²) < 4.78 is 0. The highest BCUT2D eigenvalue weighted by Gasteiger charge is 2.32. The smallest absolute Gasteiger partial charge is 0.237 e. The van der Waals surface area contributed by atoms with Crippen LogP contribution in [0.15, 0.2) is 0 Å². The fourth-order valence-corrected chi connectivity index (χ4v) is 2.24. The number of aliphatic hydroxyl groups excluding tert-OH is 1. The zero-order valence-electron chi connectivity index (χ0n) is 8.49. The van der Waals surface area contributed by atoms with Crippen LogP contribution in [-0.4, -0.2) is 35.7 Å². The van der Waals surface area contributed by atoms with E-state index >= 15 is 0 Å². The molecule has 1 aliphatic heterocycles. The number of carbonyl (C=O) groups excluding carboxylic acids is 1. The highest BCUT2D eigenvalue weighted by Crippen LogP contribution is 2.26. The van der Waals surface area contributed by atoms with Gasteiger partial charge in [0.15, 0.2) is 0 Å². The van der Waals surface area contributed by atoms with Gasteiger partial charge >= 0.3 is 0 Å². The predicted molar refractivity (Wildman–Crippen MR) is 52.7 cm³/mol. The van der Waals surface area contributed by atoms with Crippen molar-refractivity contribution in [2.75, 3.05) is 6.54 Å². The zero-order valence-corrected chi connectivity index (χ0v) is 8.49. The van der Waals surface area contributed by atoms with Crippen LogP contribution in [0.4, 0.5) is 0 Å². The van der Waals surface area contributed by atoms with Crippen molar-refractivity contribution < 1.29 is 9.90 Å². The van der Waals surface area contributed by atoms with Crippen molar-refractivity contribution in [2.45, 2.75) is 44.4 Å². The van der Waals surface area contributed by atoms with Crippen molar-refractivity contribution in [3.63, 3.8) is 0 Å². The van der Waals surface area contributed by atoms with Gasteiger partial charge < -0.3 is 15.7 Å². The molecule has 14 heavy (non-hydrogen) atoms. The third-order valence-electron chi connectivity index (χ3n) is 3.14. The monoisotopic (exact) mass is 198 g/mol. The van der Waals surface area contributed by atoms with Gasteiger partial charge in [-0.15, -0.1) is 0 Å². The van der Waals surface area contributed by atoms with Gasteiger partial charge in [-0.2, -0.15) is 0 Å². The quantitative estimate of drug-likeness (QED) is 0.567. The molecule has 4 nitrogen and oxygen atoms in total. The van der Waals surface area contributed by atoms with E-state index in [4.69, 9.17) is 0 Å². The van der Waals surface area contributed by atoms with Crippen LogP contribution in [0.5, 0.6) is 0 Å². The number of nitrogens with one attached hydrogen (secondary N) is 2. The van der Waals surface area contributed by atoms with Crippen molar-refractivity contribution in [3.8, 4) is 0 Å². The molecule has 80 valence electrons. The molecule has 0 aromatic rings. The Balaban J connectivity index is 1.73. The van der Waals surface area contributed by atoms with E-state index in [9.17, 15) is 9.90 Å². The van der Waals surface area contributed by atoms with E-state index < -0.39 is 0 Å². The number of aliphatic hydroxyl groups is 1. The minimum Gasteiger partial charge on any atom is -0.392 e. The molecule has 2 unspecified atom stereocenters. The molecule has 1 saturated heterocycles. The van der Waals surface area contributed by atoms with Crippen LogP contribution in [0.25, 0.3) is 0 Å². The van der Waals surface area contributed by atoms with Crippen LogP contribution in [0, 0.1) is 5.92 Å². The molecule has 0 spiro atoms. The highest BCUT2D eigenvalue weighted by atomic mass is 16.3. The molecule has 0 aromatic heterocycles. The Labute approximate surface area is 84.1 Å². The Bertz CT molecular complexity index is 226. The summed E-state index contributed by atoms with van der Waals surface area (Å²) in [6.45, 7) is 2.74. The number of amides is 1. The van der Waals surface area contributed by atoms with E-state index in [2.05, 4.69) is 17.6 Å². The molecular formula is C10H18N2O2. The molecule has 1 saturated carbocycles. The summed E-state index contributed by atoms with van der Waals surface area (Å²) >= 11 is 0. The molecule has 1 aliphatic carbocycles. The first-order valence-electron chi connectivity index (χ1n) is 5.37. The lowest BCUT2D eigenvalue weighted by Crippen LogP contribution is -2.49. The first-order chi connectivity index (χ1) is 6.65. The number of β-amino-alcohol motifs (C(OH)–C–C–N with tert-alkyl or cyclic N) is 1. The third-order valence-corrected chi connectivity index (χ3v) is 3.14. The second-order valence-electron chi connectivity index (χ2n) is 4.63. The normalized spacial score (nSPS) is 41.9. The van der Waals surface area contributed by atoms with Crippen LogP contribution >= 0.6 is 0 Å². The average Bonchev–Trinajstić information content (AvgIpc) is 2.49. The molecule has 2 aliphatic rings. The standard InChI is InChI=1S/C10H18N2O2/c1-6-2-7(3-6)12-10(14)9-4-8(13)5-11-9/h6-9,11,13H,2-5H2,1H3,(H,12,14). The first kappa shape index (κ1) is 9.93. The lowest BCUT2D eigenvalue weighted by atomic mass is 9.82. The number of carbonyl (C=O) groups is 1. The Kier molecular flexibility index (Phi) is 2.74. The maximum absolute atomic E-state index is 11.6. The molecule has 3 N–H and O–H groups in total. The fourth-order valence-electron chi connectivity index (χ4n) is 2.24. The summed E-state index contributed by atoms with van der Waals surface area (Å²) in [6.07, 6.45) is 2.39. The summed E-state index contributed by atoms with van der Waals surface area (Å²) in [5, 5.41) is 15.3. The van der Waals surface area contributed by atoms with Crippen molar-refractivity contribution in [1.29, 1.82) is 0 Å². The van der Waals surface area contributed by atoms with E-state index in [1.807, 2.05) is 0 Å². The maximum Gasteiger partial charge on any atom is 0.237 e. The van der Waals surface area contributed by atoms with Gasteiger partial charge in [0.25, 0.3) is 0 Å². The van der Waals surface area contributed by atoms with Crippen LogP contribution in [-0.2, 0) is 4.79 Å². The molecule has 1 heterocycles. The van der Waals surface area contributed by atoms with E-state index in [-0.39, 0.29) is 18.1 Å². The van der Waals surface area contributed by atoms with E-state index in [0.717, 1.165) is 18.8 Å². The van der Waals surface area contributed by atoms with Crippen molar-refractivity contribution >= 4 is 5.91 Å². The summed E-state index contributed by atoms with van der Waals surface area (Å²) in [5.41, 5.74) is 0. The number of rotatable bonds is 2. The first-order valence-corrected chi connectivity index (χ1v) is 5.37. The molecule has 1 amide bonds. The van der Waals surface area contributed by atoms with Crippen LogP contribution < -0.4 is 10.6 Å². The second kappa shape index (κ2) is 3.87. The number of hydrogen-bond acceptors (Lipinski definition) is 3. The summed E-state index contributed by atoms with van der Waals surface area (Å²) in [6, 6.07) is 0.193. The van der Waals surface area contributed by atoms with Gasteiger partial charge in [-0.3, -0.25) is 4.79 Å². The largest absolute Gasteiger partial charge is 0.392 e. The van der Waals surface area contributed by atoms with E-state index in [1.54, 1.807) is 0 Å². The van der Waals surface area contributed by atoms with Gasteiger partial charge in [0.2, 0.25) is 5.91 Å². The summed E-state index contributed by atoms with van der Waals surface area (Å²) in [7, 11) is 0. The lowest BCUT2D eigenvalue weighted by Gasteiger charge is -2.33. The van der Waals surface area contributed by atoms with Crippen LogP contribution in [0.1, 0.15) is 26.2 Å². The summed E-state index contributed by atoms with van der Waals surface area (Å²) in [5.74, 6) is 0.806. The van der Waals surface area contributed by atoms with E-state index in [1.165, 1.54) is 0 Å². The molecule has 4 heteroatoms. The van der Waals surface area contributed by atoms with Crippen molar-refractivity contribution in [2.24, 2.45) is 5.92 Å². The highest BCUT2D eigenvalue weighted by molar-refractivity contribution is 5.82. The van der Waals surface area contributed by atoms with Crippen LogP contribution in [0.3, 0.4) is 0 Å². The molecule has 0 bridgehead atoms. The SMILES string of the molecule is CC1CC(NC(=O)C2CC(O)CN2)C1. The molecule has 0 radical (unpaired) electrons. The Hall–Kier alpha value is -0.610. The molecular weight excluding hydrogens is 180 g/mol. The Morgan fingerprint density at radius 1 is 1.43 bits per heavy atom. The zero-order chi connectivity index (χ0) is 10.1. The molecule has 0 aromatic carbocycles. The second-order valence-corrected chi connectivity index (χ2v) is 4.63. The predicted octanol–water partition coefficient (Wildman–Crippen LogP) is -0.376. The van der Waals surface area contributed by atoms with Gasteiger partial charge in [-0.1, -0.05) is 6.92 Å². The van der Waals surface area contributed by atoms with Gasteiger partial charge in [-0.25, -0.2) is 0 Å².